The maximum Gasteiger partial charge on any atom is 0.261 e. The average Bonchev–Trinajstić information content (AvgIpc) is 2.90. The molecule has 0 aliphatic heterocycles. The van der Waals surface area contributed by atoms with Gasteiger partial charge in [-0.3, -0.25) is 19.1 Å². The number of carbonyl (C=O) groups excluding carboxylic acids is 3. The van der Waals surface area contributed by atoms with Crippen LogP contribution >= 0.6 is 0 Å². The molecule has 0 aromatic heterocycles. The molecule has 8 nitrogen and oxygen atoms in total. The first-order chi connectivity index (χ1) is 18.1. The van der Waals surface area contributed by atoms with Crippen LogP contribution in [0.2, 0.25) is 0 Å². The highest BCUT2D eigenvalue weighted by atomic mass is 32.2. The predicted octanol–water partition coefficient (Wildman–Crippen LogP) is 3.77. The number of rotatable bonds is 10. The normalized spacial score (nSPS) is 12.0. The highest BCUT2D eigenvalue weighted by Crippen LogP contribution is 2.32. The molecular weight excluding hydrogens is 502 g/mol. The van der Waals surface area contributed by atoms with Crippen molar-refractivity contribution in [1.29, 1.82) is 0 Å². The van der Waals surface area contributed by atoms with Gasteiger partial charge in [0.2, 0.25) is 11.8 Å². The largest absolute Gasteiger partial charge is 0.366 e. The standard InChI is InChI=1S/C29H27N3O5S/c1-19(33)31-18-28(34)26(15-20-7-3-2-4-8-20)25-17-23(29(30)35)12-14-27(25)32-38(36,37)24-13-11-21-9-5-6-10-22(21)16-24/h2-14,16-17,26,32H,15,18H2,1H3,(H2,30,35)(H,31,33)/t26-/m0/s1. The van der Waals surface area contributed by atoms with Crippen LogP contribution in [0.1, 0.15) is 34.3 Å². The summed E-state index contributed by atoms with van der Waals surface area (Å²) in [7, 11) is -4.07. The first-order valence-electron chi connectivity index (χ1n) is 11.9. The molecule has 194 valence electrons. The van der Waals surface area contributed by atoms with Gasteiger partial charge in [-0.15, -0.1) is 0 Å². The van der Waals surface area contributed by atoms with Gasteiger partial charge in [0.15, 0.2) is 5.78 Å². The van der Waals surface area contributed by atoms with Crippen LogP contribution in [0.3, 0.4) is 0 Å². The van der Waals surface area contributed by atoms with Crippen LogP contribution in [0.5, 0.6) is 0 Å². The number of anilines is 1. The van der Waals surface area contributed by atoms with Gasteiger partial charge in [0, 0.05) is 12.5 Å². The minimum Gasteiger partial charge on any atom is -0.366 e. The molecule has 0 fully saturated rings. The van der Waals surface area contributed by atoms with Gasteiger partial charge in [0.25, 0.3) is 10.0 Å². The first kappa shape index (κ1) is 26.6. The van der Waals surface area contributed by atoms with E-state index in [-0.39, 0.29) is 46.4 Å². The molecule has 0 radical (unpaired) electrons. The fraction of sp³-hybridized carbons (Fsp3) is 0.138. The number of ketones is 1. The summed E-state index contributed by atoms with van der Waals surface area (Å²) in [5.41, 5.74) is 6.88. The minimum absolute atomic E-state index is 0.0466. The summed E-state index contributed by atoms with van der Waals surface area (Å²) in [6.07, 6.45) is 0.214. The van der Waals surface area contributed by atoms with Gasteiger partial charge >= 0.3 is 0 Å². The van der Waals surface area contributed by atoms with Gasteiger partial charge in [-0.25, -0.2) is 8.42 Å². The van der Waals surface area contributed by atoms with E-state index in [1.807, 2.05) is 54.6 Å². The molecule has 9 heteroatoms. The molecule has 0 unspecified atom stereocenters. The van der Waals surface area contributed by atoms with E-state index >= 15 is 0 Å². The number of nitrogens with two attached hydrogens (primary N) is 1. The summed E-state index contributed by atoms with van der Waals surface area (Å²) < 4.78 is 29.5. The Morgan fingerprint density at radius 2 is 1.53 bits per heavy atom. The highest BCUT2D eigenvalue weighted by molar-refractivity contribution is 7.92. The lowest BCUT2D eigenvalue weighted by molar-refractivity contribution is -0.124. The molecular formula is C29H27N3O5S. The summed E-state index contributed by atoms with van der Waals surface area (Å²) in [4.78, 5) is 36.9. The maximum absolute atomic E-state index is 13.4. The van der Waals surface area contributed by atoms with Gasteiger partial charge in [0.1, 0.15) is 0 Å². The van der Waals surface area contributed by atoms with E-state index < -0.39 is 21.8 Å². The maximum atomic E-state index is 13.4. The molecule has 0 saturated carbocycles. The summed E-state index contributed by atoms with van der Waals surface area (Å²) in [5, 5.41) is 4.16. The molecule has 0 saturated heterocycles. The Labute approximate surface area is 220 Å². The second-order valence-electron chi connectivity index (χ2n) is 8.90. The average molecular weight is 530 g/mol. The van der Waals surface area contributed by atoms with Crippen molar-refractivity contribution >= 4 is 44.1 Å². The number of carbonyl (C=O) groups is 3. The number of benzene rings is 4. The monoisotopic (exact) mass is 529 g/mol. The number of hydrogen-bond acceptors (Lipinski definition) is 5. The van der Waals surface area contributed by atoms with E-state index in [0.717, 1.165) is 16.3 Å². The minimum atomic E-state index is -4.07. The second kappa shape index (κ2) is 11.3. The van der Waals surface area contributed by atoms with E-state index in [0.29, 0.717) is 0 Å². The molecule has 0 aliphatic carbocycles. The summed E-state index contributed by atoms with van der Waals surface area (Å²) >= 11 is 0. The molecule has 4 N–H and O–H groups in total. The van der Waals surface area contributed by atoms with Crippen molar-refractivity contribution in [1.82, 2.24) is 5.32 Å². The lowest BCUT2D eigenvalue weighted by Gasteiger charge is -2.22. The predicted molar refractivity (Wildman–Crippen MR) is 146 cm³/mol. The first-order valence-corrected chi connectivity index (χ1v) is 13.4. The molecule has 0 spiro atoms. The summed E-state index contributed by atoms with van der Waals surface area (Å²) in [5.74, 6) is -2.32. The van der Waals surface area contributed by atoms with Crippen LogP contribution < -0.4 is 15.8 Å². The SMILES string of the molecule is CC(=O)NCC(=O)[C@@H](Cc1ccccc1)c1cc(C(N)=O)ccc1NS(=O)(=O)c1ccc2ccccc2c1. The third-order valence-electron chi connectivity index (χ3n) is 6.17. The van der Waals surface area contributed by atoms with Crippen LogP contribution in [-0.2, 0) is 26.0 Å². The zero-order valence-electron chi connectivity index (χ0n) is 20.7. The molecule has 4 aromatic rings. The number of primary amides is 1. The van der Waals surface area contributed by atoms with Gasteiger partial charge < -0.3 is 11.1 Å². The van der Waals surface area contributed by atoms with Crippen LogP contribution in [0.25, 0.3) is 10.8 Å². The van der Waals surface area contributed by atoms with Gasteiger partial charge in [0.05, 0.1) is 23.0 Å². The van der Waals surface area contributed by atoms with Gasteiger partial charge in [-0.05, 0) is 58.7 Å². The van der Waals surface area contributed by atoms with Gasteiger partial charge in [-0.2, -0.15) is 0 Å². The zero-order chi connectivity index (χ0) is 27.3. The number of fused-ring (bicyclic) bond motifs is 1. The number of Topliss-reactive ketones (excluding diaryl/α,β-unsaturated/α-hetero) is 1. The van der Waals surface area contributed by atoms with E-state index in [2.05, 4.69) is 10.0 Å². The van der Waals surface area contributed by atoms with Crippen LogP contribution in [0.4, 0.5) is 5.69 Å². The molecule has 4 rings (SSSR count). The van der Waals surface area contributed by atoms with E-state index in [9.17, 15) is 22.8 Å². The third kappa shape index (κ3) is 6.24. The summed E-state index contributed by atoms with van der Waals surface area (Å²) in [6.45, 7) is 1.04. The number of sulfonamides is 1. The lowest BCUT2D eigenvalue weighted by atomic mass is 9.86. The Kier molecular flexibility index (Phi) is 7.87. The Morgan fingerprint density at radius 1 is 0.842 bits per heavy atom. The summed E-state index contributed by atoms with van der Waals surface area (Å²) in [6, 6.07) is 25.6. The van der Waals surface area contributed by atoms with Crippen molar-refractivity contribution in [3.63, 3.8) is 0 Å². The number of hydrogen-bond donors (Lipinski definition) is 3. The zero-order valence-corrected chi connectivity index (χ0v) is 21.5. The number of amides is 2. The Balaban J connectivity index is 1.78. The van der Waals surface area contributed by atoms with Crippen molar-refractivity contribution in [2.75, 3.05) is 11.3 Å². The van der Waals surface area contributed by atoms with Crippen molar-refractivity contribution in [2.45, 2.75) is 24.2 Å². The fourth-order valence-electron chi connectivity index (χ4n) is 4.22. The van der Waals surface area contributed by atoms with E-state index in [4.69, 9.17) is 5.73 Å². The van der Waals surface area contributed by atoms with Crippen LogP contribution in [0.15, 0.2) is 95.9 Å². The third-order valence-corrected chi connectivity index (χ3v) is 7.53. The molecule has 1 atom stereocenters. The van der Waals surface area contributed by atoms with Crippen molar-refractivity contribution in [2.24, 2.45) is 5.73 Å². The Morgan fingerprint density at radius 3 is 2.21 bits per heavy atom. The smallest absolute Gasteiger partial charge is 0.261 e. The molecule has 38 heavy (non-hydrogen) atoms. The molecule has 0 bridgehead atoms. The second-order valence-corrected chi connectivity index (χ2v) is 10.6. The van der Waals surface area contributed by atoms with Crippen molar-refractivity contribution in [3.8, 4) is 0 Å². The van der Waals surface area contributed by atoms with Crippen molar-refractivity contribution in [3.05, 3.63) is 108 Å². The van der Waals surface area contributed by atoms with Crippen LogP contribution in [0, 0.1) is 0 Å². The Bertz CT molecular complexity index is 1620. The number of nitrogens with one attached hydrogen (secondary N) is 2. The fourth-order valence-corrected chi connectivity index (χ4v) is 5.34. The Hall–Kier alpha value is -4.50. The molecule has 2 amide bonds. The van der Waals surface area contributed by atoms with E-state index in [1.165, 1.54) is 31.2 Å². The van der Waals surface area contributed by atoms with Crippen molar-refractivity contribution < 1.29 is 22.8 Å². The van der Waals surface area contributed by atoms with Gasteiger partial charge in [-0.1, -0.05) is 60.7 Å². The topological polar surface area (TPSA) is 135 Å². The quantitative estimate of drug-likeness (QED) is 0.287. The molecule has 4 aromatic carbocycles. The highest BCUT2D eigenvalue weighted by Gasteiger charge is 2.27. The molecule has 0 heterocycles. The molecule has 0 aliphatic rings. The van der Waals surface area contributed by atoms with E-state index in [1.54, 1.807) is 12.1 Å². The van der Waals surface area contributed by atoms with Crippen LogP contribution in [-0.4, -0.2) is 32.6 Å². The lowest BCUT2D eigenvalue weighted by Crippen LogP contribution is -2.32.